The molecule has 0 bridgehead atoms. The van der Waals surface area contributed by atoms with Gasteiger partial charge in [-0.1, -0.05) is 42.1 Å². The summed E-state index contributed by atoms with van der Waals surface area (Å²) < 4.78 is 13.7. The monoisotopic (exact) mass is 273 g/mol. The summed E-state index contributed by atoms with van der Waals surface area (Å²) in [5.74, 6) is 0. The van der Waals surface area contributed by atoms with Gasteiger partial charge in [0.15, 0.2) is 5.16 Å². The molecule has 0 unspecified atom stereocenters. The Kier molecular flexibility index (Phi) is 5.04. The highest BCUT2D eigenvalue weighted by molar-refractivity contribution is 8.02. The minimum atomic E-state index is -0.166. The van der Waals surface area contributed by atoms with E-state index in [1.807, 2.05) is 30.3 Å². The summed E-state index contributed by atoms with van der Waals surface area (Å²) in [6.45, 7) is 0. The van der Waals surface area contributed by atoms with Gasteiger partial charge in [-0.05, 0) is 48.7 Å². The molecule has 0 fully saturated rings. The van der Waals surface area contributed by atoms with E-state index < -0.39 is 0 Å². The molecule has 0 aliphatic heterocycles. The topological polar surface area (TPSA) is 26.0 Å². The molecule has 0 saturated carbocycles. The lowest BCUT2D eigenvalue weighted by atomic mass is 10.1. The summed E-state index contributed by atoms with van der Waals surface area (Å²) >= 11 is 1.13. The van der Waals surface area contributed by atoms with Crippen LogP contribution in [0, 0.1) is 0 Å². The highest BCUT2D eigenvalue weighted by Gasteiger charge is 1.99. The Bertz CT molecular complexity index is 534. The molecule has 2 aromatic carbocycles. The predicted molar refractivity (Wildman–Crippen MR) is 80.7 cm³/mol. The van der Waals surface area contributed by atoms with Gasteiger partial charge in [-0.3, -0.25) is 0 Å². The van der Waals surface area contributed by atoms with Crippen LogP contribution in [0.4, 0.5) is 10.1 Å². The maximum atomic E-state index is 13.7. The molecule has 0 heterocycles. The normalized spacial score (nSPS) is 11.5. The number of halogens is 1. The second-order valence-corrected chi connectivity index (χ2v) is 5.27. The largest absolute Gasteiger partial charge is 0.399 e. The van der Waals surface area contributed by atoms with Crippen LogP contribution in [0.1, 0.15) is 12.0 Å². The van der Waals surface area contributed by atoms with Crippen LogP contribution in [-0.2, 0) is 6.42 Å². The van der Waals surface area contributed by atoms with Gasteiger partial charge >= 0.3 is 0 Å². The van der Waals surface area contributed by atoms with Crippen molar-refractivity contribution in [3.63, 3.8) is 0 Å². The highest BCUT2D eigenvalue weighted by Crippen LogP contribution is 2.28. The molecule has 2 aromatic rings. The van der Waals surface area contributed by atoms with Gasteiger partial charge in [-0.25, -0.2) is 0 Å². The lowest BCUT2D eigenvalue weighted by Gasteiger charge is -2.00. The zero-order valence-electron chi connectivity index (χ0n) is 10.6. The Balaban J connectivity index is 1.84. The molecule has 98 valence electrons. The third kappa shape index (κ3) is 4.79. The van der Waals surface area contributed by atoms with Crippen molar-refractivity contribution in [3.05, 3.63) is 71.4 Å². The third-order valence-corrected chi connectivity index (χ3v) is 3.55. The number of benzene rings is 2. The summed E-state index contributed by atoms with van der Waals surface area (Å²) in [4.78, 5) is 0.864. The van der Waals surface area contributed by atoms with Crippen LogP contribution in [-0.4, -0.2) is 0 Å². The van der Waals surface area contributed by atoms with Crippen molar-refractivity contribution in [1.82, 2.24) is 0 Å². The summed E-state index contributed by atoms with van der Waals surface area (Å²) in [6.07, 6.45) is 3.20. The molecule has 0 aromatic heterocycles. The van der Waals surface area contributed by atoms with Crippen LogP contribution < -0.4 is 5.73 Å². The van der Waals surface area contributed by atoms with E-state index in [-0.39, 0.29) is 5.16 Å². The van der Waals surface area contributed by atoms with Crippen molar-refractivity contribution in [1.29, 1.82) is 0 Å². The van der Waals surface area contributed by atoms with Crippen LogP contribution in [0.2, 0.25) is 0 Å². The third-order valence-electron chi connectivity index (χ3n) is 2.68. The number of allylic oxidation sites excluding steroid dienone is 1. The van der Waals surface area contributed by atoms with Gasteiger partial charge in [-0.15, -0.1) is 0 Å². The average molecular weight is 273 g/mol. The molecule has 3 heteroatoms. The fourth-order valence-corrected chi connectivity index (χ4v) is 2.39. The Hall–Kier alpha value is -1.74. The molecule has 0 saturated heterocycles. The first-order valence-electron chi connectivity index (χ1n) is 6.17. The number of rotatable bonds is 5. The molecule has 1 nitrogen and oxygen atoms in total. The van der Waals surface area contributed by atoms with Crippen LogP contribution >= 0.6 is 11.8 Å². The highest BCUT2D eigenvalue weighted by atomic mass is 32.2. The summed E-state index contributed by atoms with van der Waals surface area (Å²) in [5.41, 5.74) is 7.50. The van der Waals surface area contributed by atoms with Crippen LogP contribution in [0.25, 0.3) is 0 Å². The SMILES string of the molecule is Nc1ccc(S/C(F)=C/CCc2ccccc2)cc1. The van der Waals surface area contributed by atoms with Crippen LogP contribution in [0.3, 0.4) is 0 Å². The number of nitrogens with two attached hydrogens (primary N) is 1. The fraction of sp³-hybridized carbons (Fsp3) is 0.125. The minimum Gasteiger partial charge on any atom is -0.399 e. The molecule has 0 amide bonds. The molecule has 2 N–H and O–H groups in total. The van der Waals surface area contributed by atoms with E-state index in [0.29, 0.717) is 12.1 Å². The van der Waals surface area contributed by atoms with Gasteiger partial charge in [-0.2, -0.15) is 4.39 Å². The Morgan fingerprint density at radius 3 is 2.42 bits per heavy atom. The lowest BCUT2D eigenvalue weighted by Crippen LogP contribution is -1.83. The zero-order valence-corrected chi connectivity index (χ0v) is 11.4. The summed E-state index contributed by atoms with van der Waals surface area (Å²) in [5, 5.41) is -0.166. The molecule has 19 heavy (non-hydrogen) atoms. The molecular formula is C16H16FNS. The fourth-order valence-electron chi connectivity index (χ4n) is 1.69. The molecule has 0 aliphatic rings. The van der Waals surface area contributed by atoms with E-state index in [1.54, 1.807) is 18.2 Å². The van der Waals surface area contributed by atoms with E-state index in [0.717, 1.165) is 23.1 Å². The predicted octanol–water partition coefficient (Wildman–Crippen LogP) is 4.80. The number of nitrogen functional groups attached to an aromatic ring is 1. The van der Waals surface area contributed by atoms with Crippen molar-refractivity contribution in [2.75, 3.05) is 5.73 Å². The van der Waals surface area contributed by atoms with E-state index in [4.69, 9.17) is 5.73 Å². The van der Waals surface area contributed by atoms with Crippen LogP contribution in [0.15, 0.2) is 70.7 Å². The van der Waals surface area contributed by atoms with E-state index in [2.05, 4.69) is 12.1 Å². The zero-order chi connectivity index (χ0) is 13.5. The Morgan fingerprint density at radius 1 is 1.05 bits per heavy atom. The van der Waals surface area contributed by atoms with Crippen molar-refractivity contribution < 1.29 is 4.39 Å². The van der Waals surface area contributed by atoms with Gasteiger partial charge in [0.05, 0.1) is 0 Å². The Morgan fingerprint density at radius 2 is 1.74 bits per heavy atom. The average Bonchev–Trinajstić information content (AvgIpc) is 2.43. The number of hydrogen-bond donors (Lipinski definition) is 1. The van der Waals surface area contributed by atoms with Crippen LogP contribution in [0.5, 0.6) is 0 Å². The number of hydrogen-bond acceptors (Lipinski definition) is 2. The van der Waals surface area contributed by atoms with Gasteiger partial charge in [0.25, 0.3) is 0 Å². The second-order valence-electron chi connectivity index (χ2n) is 4.20. The van der Waals surface area contributed by atoms with Gasteiger partial charge in [0.2, 0.25) is 0 Å². The molecule has 0 atom stereocenters. The standard InChI is InChI=1S/C16H16FNS/c17-16(19-15-11-9-14(18)10-12-15)8-4-7-13-5-2-1-3-6-13/h1-3,5-6,8-12H,4,7,18H2/b16-8+. The van der Waals surface area contributed by atoms with Crippen molar-refractivity contribution >= 4 is 17.4 Å². The minimum absolute atomic E-state index is 0.166. The first kappa shape index (κ1) is 13.7. The first-order valence-corrected chi connectivity index (χ1v) is 6.98. The van der Waals surface area contributed by atoms with E-state index >= 15 is 0 Å². The summed E-state index contributed by atoms with van der Waals surface area (Å²) in [7, 11) is 0. The van der Waals surface area contributed by atoms with Gasteiger partial charge < -0.3 is 5.73 Å². The number of thioether (sulfide) groups is 1. The van der Waals surface area contributed by atoms with Crippen molar-refractivity contribution in [2.24, 2.45) is 0 Å². The van der Waals surface area contributed by atoms with E-state index in [9.17, 15) is 4.39 Å². The molecule has 0 aliphatic carbocycles. The molecule has 2 rings (SSSR count). The summed E-state index contributed by atoms with van der Waals surface area (Å²) in [6, 6.07) is 17.3. The quantitative estimate of drug-likeness (QED) is 0.625. The lowest BCUT2D eigenvalue weighted by molar-refractivity contribution is 0.691. The first-order chi connectivity index (χ1) is 9.24. The number of aryl methyl sites for hydroxylation is 1. The molecule has 0 spiro atoms. The van der Waals surface area contributed by atoms with Gasteiger partial charge in [0.1, 0.15) is 0 Å². The van der Waals surface area contributed by atoms with E-state index in [1.165, 1.54) is 5.56 Å². The maximum absolute atomic E-state index is 13.7. The second kappa shape index (κ2) is 7.00. The Labute approximate surface area is 117 Å². The molecule has 0 radical (unpaired) electrons. The smallest absolute Gasteiger partial charge is 0.157 e. The van der Waals surface area contributed by atoms with Crippen molar-refractivity contribution in [3.8, 4) is 0 Å². The number of anilines is 1. The van der Waals surface area contributed by atoms with Gasteiger partial charge in [0, 0.05) is 10.6 Å². The molecular weight excluding hydrogens is 257 g/mol. The van der Waals surface area contributed by atoms with Crippen molar-refractivity contribution in [2.45, 2.75) is 17.7 Å². The maximum Gasteiger partial charge on any atom is 0.157 e.